The van der Waals surface area contributed by atoms with E-state index >= 15 is 0 Å². The molecule has 0 aromatic carbocycles. The number of rotatable bonds is 76. The molecule has 0 heterocycles. The van der Waals surface area contributed by atoms with Crippen molar-refractivity contribution in [2.75, 3.05) is 39.6 Å². The molecule has 0 aromatic heterocycles. The van der Waals surface area contributed by atoms with Crippen molar-refractivity contribution < 1.29 is 80.2 Å². The number of aliphatic hydroxyl groups excluding tert-OH is 1. The predicted octanol–water partition coefficient (Wildman–Crippen LogP) is 23.2. The zero-order valence-electron chi connectivity index (χ0n) is 64.4. The van der Waals surface area contributed by atoms with Crippen LogP contribution in [0.5, 0.6) is 0 Å². The molecule has 0 bridgehead atoms. The van der Waals surface area contributed by atoms with E-state index in [4.69, 9.17) is 37.0 Å². The Morgan fingerprint density at radius 3 is 0.633 bits per heavy atom. The normalized spacial score (nSPS) is 14.1. The highest BCUT2D eigenvalue weighted by atomic mass is 31.2. The molecule has 0 spiro atoms. The average Bonchev–Trinajstić information content (AvgIpc) is 0.982. The van der Waals surface area contributed by atoms with Gasteiger partial charge in [0.2, 0.25) is 0 Å². The largest absolute Gasteiger partial charge is 0.472 e. The molecule has 0 rings (SSSR count). The van der Waals surface area contributed by atoms with Crippen LogP contribution in [0.2, 0.25) is 0 Å². The van der Waals surface area contributed by atoms with Crippen LogP contribution in [0, 0.1) is 23.7 Å². The third-order valence-electron chi connectivity index (χ3n) is 18.3. The van der Waals surface area contributed by atoms with E-state index in [1.807, 2.05) is 0 Å². The Morgan fingerprint density at radius 1 is 0.255 bits per heavy atom. The smallest absolute Gasteiger partial charge is 0.462 e. The molecular formula is C79H154O17P2. The molecule has 0 aliphatic heterocycles. The Bertz CT molecular complexity index is 1920. The Morgan fingerprint density at radius 2 is 0.429 bits per heavy atom. The maximum absolute atomic E-state index is 13.1. The second-order valence-corrected chi connectivity index (χ2v) is 33.3. The topological polar surface area (TPSA) is 237 Å². The number of ether oxygens (including phenoxy) is 4. The third-order valence-corrected chi connectivity index (χ3v) is 20.2. The Labute approximate surface area is 600 Å². The van der Waals surface area contributed by atoms with Crippen LogP contribution in [0.25, 0.3) is 0 Å². The highest BCUT2D eigenvalue weighted by molar-refractivity contribution is 7.47. The minimum atomic E-state index is -4.96. The molecule has 0 amide bonds. The number of phosphoric ester groups is 2. The summed E-state index contributed by atoms with van der Waals surface area (Å²) >= 11 is 0. The Balaban J connectivity index is 5.25. The fourth-order valence-corrected chi connectivity index (χ4v) is 13.7. The molecule has 3 unspecified atom stereocenters. The fourth-order valence-electron chi connectivity index (χ4n) is 12.1. The van der Waals surface area contributed by atoms with Crippen LogP contribution in [0.1, 0.15) is 402 Å². The molecular weight excluding hydrogens is 1280 g/mol. The summed E-state index contributed by atoms with van der Waals surface area (Å²) in [6, 6.07) is 0. The summed E-state index contributed by atoms with van der Waals surface area (Å²) < 4.78 is 68.7. The summed E-state index contributed by atoms with van der Waals surface area (Å²) in [4.78, 5) is 73.0. The van der Waals surface area contributed by atoms with Crippen molar-refractivity contribution in [1.29, 1.82) is 0 Å². The molecule has 19 heteroatoms. The summed E-state index contributed by atoms with van der Waals surface area (Å²) in [6.45, 7) is 14.2. The van der Waals surface area contributed by atoms with E-state index in [9.17, 15) is 43.2 Å². The van der Waals surface area contributed by atoms with Gasteiger partial charge in [-0.1, -0.05) is 351 Å². The van der Waals surface area contributed by atoms with Gasteiger partial charge in [-0.2, -0.15) is 0 Å². The first kappa shape index (κ1) is 96.1. The predicted molar refractivity (Wildman–Crippen MR) is 400 cm³/mol. The first-order valence-electron chi connectivity index (χ1n) is 40.7. The molecule has 0 aliphatic carbocycles. The van der Waals surface area contributed by atoms with Crippen LogP contribution >= 0.6 is 15.6 Å². The molecule has 0 saturated heterocycles. The van der Waals surface area contributed by atoms with Crippen molar-refractivity contribution in [3.63, 3.8) is 0 Å². The van der Waals surface area contributed by atoms with Crippen molar-refractivity contribution in [1.82, 2.24) is 0 Å². The lowest BCUT2D eigenvalue weighted by Gasteiger charge is -2.21. The third kappa shape index (κ3) is 72.4. The van der Waals surface area contributed by atoms with E-state index in [-0.39, 0.29) is 25.7 Å². The zero-order chi connectivity index (χ0) is 72.4. The number of carbonyl (C=O) groups excluding carboxylic acids is 4. The summed E-state index contributed by atoms with van der Waals surface area (Å²) in [5.74, 6) is 0.951. The number of esters is 4. The standard InChI is InChI=1S/C79H154O17P2/c1-69(2)55-47-39-31-24-18-12-9-10-14-22-28-36-45-53-61-78(83)95-74(65-89-76(81)59-51-43-35-27-21-15-11-13-19-25-32-40-48-56-70(3)4)67-93-97(85,86)91-63-73(80)64-92-98(87,88)94-68-75(66-90-77(82)60-52-44-38-30-34-42-50-58-72(7)8)96-79(84)62-54-46-37-29-23-17-16-20-26-33-41-49-57-71(5)6/h69-75,80H,9-68H2,1-8H3,(H,85,86)(H,87,88)/t73?,74-,75-/m1/s1. The molecule has 5 atom stereocenters. The van der Waals surface area contributed by atoms with Gasteiger partial charge in [-0.05, 0) is 49.4 Å². The summed E-state index contributed by atoms with van der Waals surface area (Å²) in [6.07, 6.45) is 54.1. The van der Waals surface area contributed by atoms with Crippen LogP contribution in [0.4, 0.5) is 0 Å². The maximum Gasteiger partial charge on any atom is 0.472 e. The first-order valence-corrected chi connectivity index (χ1v) is 43.7. The van der Waals surface area contributed by atoms with E-state index in [0.29, 0.717) is 31.6 Å². The van der Waals surface area contributed by atoms with Crippen LogP contribution in [0.3, 0.4) is 0 Å². The number of aliphatic hydroxyl groups is 1. The first-order chi connectivity index (χ1) is 47.1. The summed E-state index contributed by atoms with van der Waals surface area (Å²) in [5, 5.41) is 10.6. The summed E-state index contributed by atoms with van der Waals surface area (Å²) in [7, 11) is -9.92. The Kier molecular flexibility index (Phi) is 66.8. The van der Waals surface area contributed by atoms with Crippen LogP contribution in [-0.2, 0) is 65.4 Å². The minimum absolute atomic E-state index is 0.106. The molecule has 17 nitrogen and oxygen atoms in total. The molecule has 3 N–H and O–H groups in total. The quantitative estimate of drug-likeness (QED) is 0.0222. The second kappa shape index (κ2) is 68.2. The lowest BCUT2D eigenvalue weighted by Crippen LogP contribution is -2.30. The van der Waals surface area contributed by atoms with Gasteiger partial charge in [0.15, 0.2) is 12.2 Å². The minimum Gasteiger partial charge on any atom is -0.462 e. The fraction of sp³-hybridized carbons (Fsp3) is 0.949. The number of phosphoric acid groups is 2. The van der Waals surface area contributed by atoms with Gasteiger partial charge in [0, 0.05) is 25.7 Å². The lowest BCUT2D eigenvalue weighted by atomic mass is 10.0. The van der Waals surface area contributed by atoms with Gasteiger partial charge in [0.05, 0.1) is 26.4 Å². The molecule has 582 valence electrons. The number of unbranched alkanes of at least 4 members (excludes halogenated alkanes) is 42. The van der Waals surface area contributed by atoms with Gasteiger partial charge in [-0.15, -0.1) is 0 Å². The van der Waals surface area contributed by atoms with Gasteiger partial charge in [0.25, 0.3) is 0 Å². The lowest BCUT2D eigenvalue weighted by molar-refractivity contribution is -0.161. The van der Waals surface area contributed by atoms with Crippen LogP contribution in [0.15, 0.2) is 0 Å². The van der Waals surface area contributed by atoms with E-state index < -0.39 is 97.5 Å². The maximum atomic E-state index is 13.1. The van der Waals surface area contributed by atoms with Crippen molar-refractivity contribution >= 4 is 39.5 Å². The van der Waals surface area contributed by atoms with E-state index in [2.05, 4.69) is 55.4 Å². The van der Waals surface area contributed by atoms with Crippen LogP contribution in [-0.4, -0.2) is 96.7 Å². The van der Waals surface area contributed by atoms with Gasteiger partial charge in [0.1, 0.15) is 19.3 Å². The molecule has 0 fully saturated rings. The molecule has 0 aliphatic rings. The van der Waals surface area contributed by atoms with E-state index in [0.717, 1.165) is 114 Å². The van der Waals surface area contributed by atoms with Gasteiger partial charge < -0.3 is 33.8 Å². The SMILES string of the molecule is CC(C)CCCCCCCCCCCCCCCCC(=O)O[C@H](COC(=O)CCCCCCCCCCCCCCCC(C)C)COP(=O)(O)OCC(O)COP(=O)(O)OC[C@@H](COC(=O)CCCCCCCCCC(C)C)OC(=O)CCCCCCCCCCCCCCC(C)C. The number of hydrogen-bond donors (Lipinski definition) is 3. The average molecular weight is 1440 g/mol. The summed E-state index contributed by atoms with van der Waals surface area (Å²) in [5.41, 5.74) is 0. The number of carbonyl (C=O) groups is 4. The Hall–Kier alpha value is -1.94. The zero-order valence-corrected chi connectivity index (χ0v) is 66.2. The van der Waals surface area contributed by atoms with Crippen molar-refractivity contribution in [3.05, 3.63) is 0 Å². The van der Waals surface area contributed by atoms with Crippen molar-refractivity contribution in [2.24, 2.45) is 23.7 Å². The van der Waals surface area contributed by atoms with Crippen molar-refractivity contribution in [2.45, 2.75) is 420 Å². The van der Waals surface area contributed by atoms with Crippen molar-refractivity contribution in [3.8, 4) is 0 Å². The van der Waals surface area contributed by atoms with Gasteiger partial charge >= 0.3 is 39.5 Å². The molecule has 0 radical (unpaired) electrons. The van der Waals surface area contributed by atoms with Gasteiger partial charge in [-0.3, -0.25) is 37.3 Å². The monoisotopic (exact) mass is 1440 g/mol. The molecule has 98 heavy (non-hydrogen) atoms. The number of hydrogen-bond acceptors (Lipinski definition) is 15. The van der Waals surface area contributed by atoms with E-state index in [1.54, 1.807) is 0 Å². The van der Waals surface area contributed by atoms with Gasteiger partial charge in [-0.25, -0.2) is 9.13 Å². The van der Waals surface area contributed by atoms with Crippen LogP contribution < -0.4 is 0 Å². The van der Waals surface area contributed by atoms with E-state index in [1.165, 1.54) is 199 Å². The molecule has 0 aromatic rings. The molecule has 0 saturated carbocycles. The highest BCUT2D eigenvalue weighted by Crippen LogP contribution is 2.45. The second-order valence-electron chi connectivity index (χ2n) is 30.4. The highest BCUT2D eigenvalue weighted by Gasteiger charge is 2.30.